The number of aromatic nitrogens is 1. The second-order valence-electron chi connectivity index (χ2n) is 8.09. The quantitative estimate of drug-likeness (QED) is 0.598. The summed E-state index contributed by atoms with van der Waals surface area (Å²) in [6, 6.07) is 12.7. The van der Waals surface area contributed by atoms with E-state index in [-0.39, 0.29) is 30.2 Å². The lowest BCUT2D eigenvalue weighted by Gasteiger charge is -2.33. The number of piperidine rings is 1. The highest BCUT2D eigenvalue weighted by molar-refractivity contribution is 5.99. The molecule has 1 unspecified atom stereocenters. The number of halogens is 2. The SMILES string of the molecule is CC1c2ccccc2C(=O)N1CCN1CCC(c2noc3cc(F)ccc23)CC1.Cl. The van der Waals surface area contributed by atoms with Gasteiger partial charge in [0.2, 0.25) is 0 Å². The van der Waals surface area contributed by atoms with Gasteiger partial charge in [0, 0.05) is 36.0 Å². The summed E-state index contributed by atoms with van der Waals surface area (Å²) in [6.07, 6.45) is 1.98. The largest absolute Gasteiger partial charge is 0.356 e. The van der Waals surface area contributed by atoms with Crippen molar-refractivity contribution in [3.63, 3.8) is 0 Å². The maximum atomic E-state index is 13.4. The minimum atomic E-state index is -0.303. The number of benzene rings is 2. The average Bonchev–Trinajstić information content (AvgIpc) is 3.26. The van der Waals surface area contributed by atoms with Gasteiger partial charge in [-0.3, -0.25) is 4.79 Å². The van der Waals surface area contributed by atoms with E-state index >= 15 is 0 Å². The molecule has 2 aliphatic rings. The zero-order valence-electron chi connectivity index (χ0n) is 16.9. The van der Waals surface area contributed by atoms with Gasteiger partial charge in [-0.2, -0.15) is 0 Å². The molecule has 2 aromatic carbocycles. The highest BCUT2D eigenvalue weighted by atomic mass is 35.5. The van der Waals surface area contributed by atoms with Crippen LogP contribution >= 0.6 is 12.4 Å². The molecular formula is C23H25ClFN3O2. The van der Waals surface area contributed by atoms with E-state index < -0.39 is 0 Å². The van der Waals surface area contributed by atoms with Crippen LogP contribution in [-0.2, 0) is 0 Å². The summed E-state index contributed by atoms with van der Waals surface area (Å²) in [6.45, 7) is 5.65. The molecule has 3 aromatic rings. The summed E-state index contributed by atoms with van der Waals surface area (Å²) in [4.78, 5) is 17.1. The number of hydrogen-bond donors (Lipinski definition) is 0. The van der Waals surface area contributed by atoms with Crippen molar-refractivity contribution >= 4 is 29.3 Å². The molecule has 158 valence electrons. The summed E-state index contributed by atoms with van der Waals surface area (Å²) < 4.78 is 18.7. The van der Waals surface area contributed by atoms with E-state index in [9.17, 15) is 9.18 Å². The number of rotatable bonds is 4. The van der Waals surface area contributed by atoms with Crippen molar-refractivity contribution in [2.45, 2.75) is 31.7 Å². The molecule has 1 saturated heterocycles. The number of nitrogens with zero attached hydrogens (tertiary/aromatic N) is 3. The van der Waals surface area contributed by atoms with Crippen LogP contribution in [0.4, 0.5) is 4.39 Å². The molecule has 0 spiro atoms. The lowest BCUT2D eigenvalue weighted by atomic mass is 9.91. The van der Waals surface area contributed by atoms with Gasteiger partial charge in [0.05, 0.1) is 11.7 Å². The molecule has 0 saturated carbocycles. The van der Waals surface area contributed by atoms with Crippen molar-refractivity contribution in [3.05, 3.63) is 65.1 Å². The van der Waals surface area contributed by atoms with Gasteiger partial charge >= 0.3 is 0 Å². The third-order valence-corrected chi connectivity index (χ3v) is 6.46. The Bertz CT molecular complexity index is 1060. The third-order valence-electron chi connectivity index (χ3n) is 6.46. The molecule has 1 fully saturated rings. The first kappa shape index (κ1) is 20.8. The van der Waals surface area contributed by atoms with E-state index in [0.717, 1.165) is 61.2 Å². The Morgan fingerprint density at radius 1 is 1.13 bits per heavy atom. The molecule has 5 rings (SSSR count). The molecule has 5 nitrogen and oxygen atoms in total. The number of carbonyl (C=O) groups is 1. The van der Waals surface area contributed by atoms with E-state index in [1.807, 2.05) is 23.1 Å². The first-order valence-corrected chi connectivity index (χ1v) is 10.3. The second kappa shape index (κ2) is 8.36. The van der Waals surface area contributed by atoms with E-state index in [2.05, 4.69) is 23.0 Å². The van der Waals surface area contributed by atoms with Crippen LogP contribution in [0, 0.1) is 5.82 Å². The molecule has 7 heteroatoms. The van der Waals surface area contributed by atoms with Gasteiger partial charge < -0.3 is 14.3 Å². The Morgan fingerprint density at radius 3 is 2.67 bits per heavy atom. The highest BCUT2D eigenvalue weighted by Gasteiger charge is 2.33. The molecule has 0 radical (unpaired) electrons. The molecule has 0 N–H and O–H groups in total. The summed E-state index contributed by atoms with van der Waals surface area (Å²) in [5, 5.41) is 5.14. The lowest BCUT2D eigenvalue weighted by Crippen LogP contribution is -2.40. The number of carbonyl (C=O) groups excluding carboxylic acids is 1. The topological polar surface area (TPSA) is 49.6 Å². The minimum Gasteiger partial charge on any atom is -0.356 e. The van der Waals surface area contributed by atoms with Crippen LogP contribution < -0.4 is 0 Å². The standard InChI is InChI=1S/C23H24FN3O2.ClH/c1-15-18-4-2-3-5-19(18)23(28)27(15)13-12-26-10-8-16(9-11-26)22-20-7-6-17(24)14-21(20)29-25-22;/h2-7,14-16H,8-13H2,1H3;1H. The second-order valence-corrected chi connectivity index (χ2v) is 8.09. The first-order valence-electron chi connectivity index (χ1n) is 10.3. The van der Waals surface area contributed by atoms with Gasteiger partial charge in [-0.25, -0.2) is 4.39 Å². The number of fused-ring (bicyclic) bond motifs is 2. The Hall–Kier alpha value is -2.44. The van der Waals surface area contributed by atoms with Crippen LogP contribution in [0.25, 0.3) is 11.0 Å². The Kier molecular flexibility index (Phi) is 5.80. The van der Waals surface area contributed by atoms with Crippen molar-refractivity contribution in [2.24, 2.45) is 0 Å². The fourth-order valence-electron chi connectivity index (χ4n) is 4.75. The van der Waals surface area contributed by atoms with Crippen molar-refractivity contribution in [1.29, 1.82) is 0 Å². The molecule has 1 atom stereocenters. The number of amides is 1. The van der Waals surface area contributed by atoms with Crippen LogP contribution in [0.5, 0.6) is 0 Å². The summed E-state index contributed by atoms with van der Waals surface area (Å²) in [5.41, 5.74) is 3.43. The fourth-order valence-corrected chi connectivity index (χ4v) is 4.75. The summed E-state index contributed by atoms with van der Waals surface area (Å²) >= 11 is 0. The van der Waals surface area contributed by atoms with Crippen molar-refractivity contribution < 1.29 is 13.7 Å². The maximum absolute atomic E-state index is 13.4. The van der Waals surface area contributed by atoms with Crippen LogP contribution in [0.15, 0.2) is 47.0 Å². The minimum absolute atomic E-state index is 0. The number of hydrogen-bond acceptors (Lipinski definition) is 4. The van der Waals surface area contributed by atoms with Crippen LogP contribution in [-0.4, -0.2) is 47.0 Å². The summed E-state index contributed by atoms with van der Waals surface area (Å²) in [7, 11) is 0. The van der Waals surface area contributed by atoms with Crippen LogP contribution in [0.2, 0.25) is 0 Å². The van der Waals surface area contributed by atoms with Crippen molar-refractivity contribution in [3.8, 4) is 0 Å². The molecule has 0 aliphatic carbocycles. The van der Waals surface area contributed by atoms with E-state index in [4.69, 9.17) is 4.52 Å². The van der Waals surface area contributed by atoms with E-state index in [1.54, 1.807) is 6.07 Å². The molecular weight excluding hydrogens is 405 g/mol. The van der Waals surface area contributed by atoms with Gasteiger partial charge in [-0.05, 0) is 56.6 Å². The van der Waals surface area contributed by atoms with Crippen LogP contribution in [0.3, 0.4) is 0 Å². The molecule has 1 amide bonds. The molecule has 0 bridgehead atoms. The summed E-state index contributed by atoms with van der Waals surface area (Å²) in [5.74, 6) is 0.168. The van der Waals surface area contributed by atoms with Crippen molar-refractivity contribution in [1.82, 2.24) is 15.0 Å². The van der Waals surface area contributed by atoms with E-state index in [0.29, 0.717) is 11.5 Å². The van der Waals surface area contributed by atoms with Gasteiger partial charge in [0.15, 0.2) is 5.58 Å². The zero-order valence-corrected chi connectivity index (χ0v) is 17.7. The first-order chi connectivity index (χ1) is 14.1. The molecule has 1 aromatic heterocycles. The van der Waals surface area contributed by atoms with Crippen molar-refractivity contribution in [2.75, 3.05) is 26.2 Å². The number of likely N-dealkylation sites (tertiary alicyclic amines) is 1. The average molecular weight is 430 g/mol. The molecule has 30 heavy (non-hydrogen) atoms. The van der Waals surface area contributed by atoms with Crippen LogP contribution in [0.1, 0.15) is 53.3 Å². The van der Waals surface area contributed by atoms with Gasteiger partial charge in [0.25, 0.3) is 5.91 Å². The van der Waals surface area contributed by atoms with Gasteiger partial charge in [0.1, 0.15) is 5.82 Å². The van der Waals surface area contributed by atoms with E-state index in [1.165, 1.54) is 12.1 Å². The third kappa shape index (κ3) is 3.59. The Morgan fingerprint density at radius 2 is 1.90 bits per heavy atom. The predicted molar refractivity (Wildman–Crippen MR) is 116 cm³/mol. The van der Waals surface area contributed by atoms with Gasteiger partial charge in [-0.15, -0.1) is 12.4 Å². The molecule has 3 heterocycles. The Balaban J connectivity index is 0.00000218. The normalized spacial score (nSPS) is 19.9. The maximum Gasteiger partial charge on any atom is 0.254 e. The highest BCUT2D eigenvalue weighted by Crippen LogP contribution is 2.34. The Labute approximate surface area is 181 Å². The fraction of sp³-hybridized carbons (Fsp3) is 0.391. The van der Waals surface area contributed by atoms with Gasteiger partial charge in [-0.1, -0.05) is 23.4 Å². The molecule has 2 aliphatic heterocycles. The predicted octanol–water partition coefficient (Wildman–Crippen LogP) is 4.79. The lowest BCUT2D eigenvalue weighted by molar-refractivity contribution is 0.0704. The zero-order chi connectivity index (χ0) is 20.0. The smallest absolute Gasteiger partial charge is 0.254 e. The monoisotopic (exact) mass is 429 g/mol.